The molecule has 3 atom stereocenters. The number of rotatable bonds is 7. The van der Waals surface area contributed by atoms with Crippen LogP contribution >= 0.6 is 0 Å². The Morgan fingerprint density at radius 2 is 1.17 bits per heavy atom. The molecule has 0 saturated carbocycles. The number of ether oxygens (including phenoxy) is 3. The van der Waals surface area contributed by atoms with Gasteiger partial charge in [0.25, 0.3) is 0 Å². The number of carbonyl (C=O) groups is 2. The number of para-hydroxylation sites is 2. The Balaban J connectivity index is 0.000000173. The summed E-state index contributed by atoms with van der Waals surface area (Å²) in [5.74, 6) is 2.85. The van der Waals surface area contributed by atoms with Gasteiger partial charge in [-0.25, -0.2) is 29.5 Å². The summed E-state index contributed by atoms with van der Waals surface area (Å²) in [5, 5.41) is 28.5. The van der Waals surface area contributed by atoms with E-state index in [9.17, 15) is 19.8 Å². The number of phenols is 2. The number of aromatic hydroxyl groups is 2. The fraction of sp³-hybridized carbons (Fsp3) is 0.375. The summed E-state index contributed by atoms with van der Waals surface area (Å²) in [5.41, 5.74) is 4.51. The van der Waals surface area contributed by atoms with Crippen molar-refractivity contribution in [2.45, 2.75) is 77.7 Å². The summed E-state index contributed by atoms with van der Waals surface area (Å²) in [6, 6.07) is 26.3. The van der Waals surface area contributed by atoms with Crippen LogP contribution in [0.3, 0.4) is 0 Å². The topological polar surface area (TPSA) is 184 Å². The van der Waals surface area contributed by atoms with Gasteiger partial charge in [-0.3, -0.25) is 0 Å². The Kier molecular flexibility index (Phi) is 12.5. The number of anilines is 2. The number of carbonyl (C=O) groups excluding carboxylic acids is 2. The first-order valence-corrected chi connectivity index (χ1v) is 21.4. The molecule has 1 unspecified atom stereocenters. The van der Waals surface area contributed by atoms with Crippen LogP contribution in [0.5, 0.6) is 11.5 Å². The minimum Gasteiger partial charge on any atom is -0.507 e. The summed E-state index contributed by atoms with van der Waals surface area (Å²) in [6.07, 6.45) is 1.36. The van der Waals surface area contributed by atoms with Crippen molar-refractivity contribution in [3.63, 3.8) is 0 Å². The number of alkyl carbamates (subject to hydrolysis) is 2. The van der Waals surface area contributed by atoms with Gasteiger partial charge >= 0.3 is 12.2 Å². The Morgan fingerprint density at radius 3 is 1.63 bits per heavy atom. The molecule has 6 aromatic rings. The highest BCUT2D eigenvalue weighted by Crippen LogP contribution is 2.35. The maximum absolute atomic E-state index is 12.3. The monoisotopic (exact) mass is 854 g/mol. The van der Waals surface area contributed by atoms with Crippen molar-refractivity contribution in [1.29, 1.82) is 0 Å². The zero-order chi connectivity index (χ0) is 44.3. The van der Waals surface area contributed by atoms with Gasteiger partial charge in [0.05, 0.1) is 47.5 Å². The number of nitrogens with zero attached hydrogens (tertiary/aromatic N) is 6. The first-order chi connectivity index (χ1) is 30.3. The molecule has 15 heteroatoms. The lowest BCUT2D eigenvalue weighted by molar-refractivity contribution is 0.0508. The first-order valence-electron chi connectivity index (χ1n) is 21.4. The summed E-state index contributed by atoms with van der Waals surface area (Å²) in [4.78, 5) is 47.9. The zero-order valence-corrected chi connectivity index (χ0v) is 36.3. The molecule has 0 aliphatic carbocycles. The summed E-state index contributed by atoms with van der Waals surface area (Å²) < 4.78 is 16.1. The molecule has 15 nitrogen and oxygen atoms in total. The molecule has 9 rings (SSSR count). The van der Waals surface area contributed by atoms with Gasteiger partial charge in [-0.2, -0.15) is 0 Å². The molecule has 5 heterocycles. The van der Waals surface area contributed by atoms with Gasteiger partial charge in [0.2, 0.25) is 0 Å². The van der Waals surface area contributed by atoms with E-state index >= 15 is 0 Å². The normalized spacial score (nSPS) is 18.6. The van der Waals surface area contributed by atoms with E-state index in [1.807, 2.05) is 95.3 Å². The van der Waals surface area contributed by atoms with Crippen LogP contribution in [0.1, 0.15) is 51.2 Å². The van der Waals surface area contributed by atoms with Crippen LogP contribution < -0.4 is 20.4 Å². The van der Waals surface area contributed by atoms with Crippen molar-refractivity contribution in [3.05, 3.63) is 96.1 Å². The number of phenolic OH excluding ortho intramolecular Hbond substituents is 2. The van der Waals surface area contributed by atoms with E-state index in [2.05, 4.69) is 20.4 Å². The van der Waals surface area contributed by atoms with Crippen LogP contribution in [-0.2, 0) is 14.2 Å². The predicted octanol–water partition coefficient (Wildman–Crippen LogP) is 7.82. The molecule has 0 spiro atoms. The van der Waals surface area contributed by atoms with Crippen molar-refractivity contribution < 1.29 is 34.0 Å². The van der Waals surface area contributed by atoms with E-state index in [4.69, 9.17) is 34.1 Å². The van der Waals surface area contributed by atoms with Crippen LogP contribution in [0.4, 0.5) is 21.2 Å². The molecular formula is C48H54N8O7. The average molecular weight is 855 g/mol. The summed E-state index contributed by atoms with van der Waals surface area (Å²) in [6.45, 7) is 13.4. The van der Waals surface area contributed by atoms with Gasteiger partial charge < -0.3 is 44.9 Å². The third-order valence-electron chi connectivity index (χ3n) is 11.1. The number of fused-ring (bicyclic) bond motifs is 2. The zero-order valence-electron chi connectivity index (χ0n) is 36.3. The molecule has 2 amide bonds. The highest BCUT2D eigenvalue weighted by atomic mass is 16.6. The molecule has 328 valence electrons. The van der Waals surface area contributed by atoms with Crippen molar-refractivity contribution in [3.8, 4) is 34.3 Å². The number of hydrogen-bond donors (Lipinski definition) is 4. The van der Waals surface area contributed by atoms with E-state index in [0.717, 1.165) is 76.9 Å². The molecule has 3 saturated heterocycles. The van der Waals surface area contributed by atoms with Crippen LogP contribution in [0.25, 0.3) is 44.6 Å². The van der Waals surface area contributed by atoms with Gasteiger partial charge in [-0.15, -0.1) is 0 Å². The molecule has 0 radical (unpaired) electrons. The van der Waals surface area contributed by atoms with Gasteiger partial charge in [0.15, 0.2) is 11.6 Å². The molecule has 2 aromatic heterocycles. The highest BCUT2D eigenvalue weighted by molar-refractivity contribution is 5.93. The summed E-state index contributed by atoms with van der Waals surface area (Å²) in [7, 11) is 0. The molecular weight excluding hydrogens is 801 g/mol. The van der Waals surface area contributed by atoms with Crippen molar-refractivity contribution in [2.24, 2.45) is 0 Å². The molecule has 4 N–H and O–H groups in total. The minimum absolute atomic E-state index is 0.0288. The lowest BCUT2D eigenvalue weighted by Gasteiger charge is -2.23. The van der Waals surface area contributed by atoms with Crippen LogP contribution in [0.2, 0.25) is 0 Å². The number of hydrogen-bond acceptors (Lipinski definition) is 13. The van der Waals surface area contributed by atoms with E-state index in [1.165, 1.54) is 0 Å². The number of amides is 2. The second-order valence-corrected chi connectivity index (χ2v) is 17.4. The predicted molar refractivity (Wildman–Crippen MR) is 242 cm³/mol. The third-order valence-corrected chi connectivity index (χ3v) is 11.1. The second-order valence-electron chi connectivity index (χ2n) is 17.4. The number of aryl methyl sites for hydroxylation is 2. The van der Waals surface area contributed by atoms with E-state index in [1.54, 1.807) is 24.3 Å². The van der Waals surface area contributed by atoms with Crippen LogP contribution in [0.15, 0.2) is 84.9 Å². The minimum atomic E-state index is -0.532. The Hall–Kier alpha value is -6.74. The fourth-order valence-electron chi connectivity index (χ4n) is 8.07. The smallest absolute Gasteiger partial charge is 0.407 e. The van der Waals surface area contributed by atoms with Crippen molar-refractivity contribution in [2.75, 3.05) is 49.2 Å². The molecule has 3 aliphatic heterocycles. The van der Waals surface area contributed by atoms with Gasteiger partial charge in [0.1, 0.15) is 34.8 Å². The number of benzene rings is 4. The molecule has 4 aromatic carbocycles. The molecule has 3 fully saturated rings. The SMILES string of the molecule is Cc1ccc2c(N3CC[C@@H](NC(=O)OC(C)(C)C)C3)nc(-c3ccccc3O)nc2c1.Cc1ccc2c(N3CC[C@@H](NC(=O)OC4CCOC4)C3)nc(-c3ccccc3O)nc2c1. The standard InChI is InChI=1S/C24H26N4O4.C24H28N4O3/c1-15-6-7-18-20(12-15)26-22(19-4-2-3-5-21(19)29)27-23(18)28-10-8-16(13-28)25-24(30)32-17-9-11-31-14-17;1-15-9-10-17-19(13-15)26-21(18-7-5-6-8-20(18)29)27-22(17)28-12-11-16(14-28)25-23(30)31-24(2,3)4/h2-7,12,16-17,29H,8-11,13-14H2,1H3,(H,25,30);5-10,13,16,29H,11-12,14H2,1-4H3,(H,25,30)/t16-,17?;16-/m11/s1. The Bertz CT molecular complexity index is 2630. The third kappa shape index (κ3) is 10.3. The maximum Gasteiger partial charge on any atom is 0.407 e. The largest absolute Gasteiger partial charge is 0.507 e. The fourth-order valence-corrected chi connectivity index (χ4v) is 8.07. The van der Waals surface area contributed by atoms with E-state index < -0.39 is 17.8 Å². The quantitative estimate of drug-likeness (QED) is 0.122. The lowest BCUT2D eigenvalue weighted by atomic mass is 10.1. The number of aromatic nitrogens is 4. The Morgan fingerprint density at radius 1 is 0.683 bits per heavy atom. The highest BCUT2D eigenvalue weighted by Gasteiger charge is 2.31. The molecule has 0 bridgehead atoms. The molecule has 3 aliphatic rings. The van der Waals surface area contributed by atoms with E-state index in [0.29, 0.717) is 49.1 Å². The van der Waals surface area contributed by atoms with Gasteiger partial charge in [-0.05, 0) is 107 Å². The van der Waals surface area contributed by atoms with E-state index in [-0.39, 0.29) is 29.7 Å². The van der Waals surface area contributed by atoms with Crippen LogP contribution in [-0.4, -0.2) is 106 Å². The average Bonchev–Trinajstić information content (AvgIpc) is 4.03. The number of nitrogens with one attached hydrogen (secondary N) is 2. The van der Waals surface area contributed by atoms with Crippen LogP contribution in [0, 0.1) is 13.8 Å². The summed E-state index contributed by atoms with van der Waals surface area (Å²) >= 11 is 0. The lowest BCUT2D eigenvalue weighted by Crippen LogP contribution is -2.40. The van der Waals surface area contributed by atoms with Crippen molar-refractivity contribution >= 4 is 45.6 Å². The second kappa shape index (κ2) is 18.3. The van der Waals surface area contributed by atoms with Crippen molar-refractivity contribution in [1.82, 2.24) is 30.6 Å². The molecule has 63 heavy (non-hydrogen) atoms. The Labute approximate surface area is 366 Å². The van der Waals surface area contributed by atoms with Gasteiger partial charge in [0, 0.05) is 43.4 Å². The van der Waals surface area contributed by atoms with Gasteiger partial charge in [-0.1, -0.05) is 36.4 Å². The first kappa shape index (κ1) is 42.9. The maximum atomic E-state index is 12.3.